The van der Waals surface area contributed by atoms with Gasteiger partial charge < -0.3 is 9.47 Å². The van der Waals surface area contributed by atoms with E-state index in [0.717, 1.165) is 11.1 Å². The van der Waals surface area contributed by atoms with Crippen molar-refractivity contribution in [1.29, 1.82) is 0 Å². The molecule has 0 N–H and O–H groups in total. The van der Waals surface area contributed by atoms with E-state index in [1.165, 1.54) is 16.9 Å². The van der Waals surface area contributed by atoms with Crippen LogP contribution < -0.4 is 19.6 Å². The zero-order chi connectivity index (χ0) is 24.4. The number of hydrogen-bond acceptors (Lipinski definition) is 6. The Balaban J connectivity index is 1.95. The molecule has 4 rings (SSSR count). The number of methoxy groups -OCH3 is 1. The van der Waals surface area contributed by atoms with E-state index in [0.29, 0.717) is 32.3 Å². The number of hydrogen-bond donors (Lipinski definition) is 0. The minimum atomic E-state index is -0.615. The smallest absolute Gasteiger partial charge is 0.338 e. The Kier molecular flexibility index (Phi) is 6.84. The summed E-state index contributed by atoms with van der Waals surface area (Å²) in [6, 6.07) is 15.0. The van der Waals surface area contributed by atoms with Crippen LogP contribution in [0.1, 0.15) is 56.3 Å². The zero-order valence-electron chi connectivity index (χ0n) is 20.0. The Bertz CT molecular complexity index is 1430. The lowest BCUT2D eigenvalue weighted by Gasteiger charge is -2.25. The molecule has 0 saturated carbocycles. The minimum absolute atomic E-state index is 0.207. The first-order valence-corrected chi connectivity index (χ1v) is 12.1. The average molecular weight is 477 g/mol. The van der Waals surface area contributed by atoms with E-state index in [4.69, 9.17) is 9.47 Å². The molecule has 1 aliphatic rings. The lowest BCUT2D eigenvalue weighted by Crippen LogP contribution is -2.39. The van der Waals surface area contributed by atoms with E-state index in [9.17, 15) is 9.59 Å². The number of benzene rings is 2. The van der Waals surface area contributed by atoms with E-state index in [-0.39, 0.29) is 12.2 Å². The van der Waals surface area contributed by atoms with Crippen molar-refractivity contribution >= 4 is 23.4 Å². The quantitative estimate of drug-likeness (QED) is 0.506. The molecular formula is C27H28N2O4S. The lowest BCUT2D eigenvalue weighted by molar-refractivity contribution is -0.139. The number of ether oxygens (including phenoxy) is 2. The van der Waals surface area contributed by atoms with Gasteiger partial charge in [0.1, 0.15) is 5.75 Å². The highest BCUT2D eigenvalue weighted by molar-refractivity contribution is 7.07. The van der Waals surface area contributed by atoms with E-state index in [2.05, 4.69) is 18.8 Å². The van der Waals surface area contributed by atoms with Crippen molar-refractivity contribution in [3.05, 3.63) is 96.2 Å². The normalized spacial score (nSPS) is 15.8. The summed E-state index contributed by atoms with van der Waals surface area (Å²) >= 11 is 1.30. The van der Waals surface area contributed by atoms with Gasteiger partial charge in [-0.2, -0.15) is 0 Å². The van der Waals surface area contributed by atoms with Crippen LogP contribution in [0, 0.1) is 0 Å². The molecule has 1 aliphatic heterocycles. The Morgan fingerprint density at radius 3 is 2.53 bits per heavy atom. The van der Waals surface area contributed by atoms with Gasteiger partial charge in [-0.15, -0.1) is 0 Å². The summed E-state index contributed by atoms with van der Waals surface area (Å²) in [4.78, 5) is 31.8. The van der Waals surface area contributed by atoms with Crippen LogP contribution in [0.3, 0.4) is 0 Å². The van der Waals surface area contributed by atoms with Crippen molar-refractivity contribution in [1.82, 2.24) is 4.57 Å². The number of para-hydroxylation sites is 1. The number of carbonyl (C=O) groups excluding carboxylic acids is 1. The highest BCUT2D eigenvalue weighted by atomic mass is 32.1. The van der Waals surface area contributed by atoms with Gasteiger partial charge in [0.2, 0.25) is 0 Å². The zero-order valence-corrected chi connectivity index (χ0v) is 20.8. The third-order valence-corrected chi connectivity index (χ3v) is 6.84. The van der Waals surface area contributed by atoms with Crippen LogP contribution in [0.25, 0.3) is 6.08 Å². The molecule has 34 heavy (non-hydrogen) atoms. The number of allylic oxidation sites excluding steroid dienone is 1. The molecule has 0 bridgehead atoms. The van der Waals surface area contributed by atoms with E-state index in [1.807, 2.05) is 54.6 Å². The Hall–Kier alpha value is -3.45. The van der Waals surface area contributed by atoms with Gasteiger partial charge in [0.15, 0.2) is 4.80 Å². The van der Waals surface area contributed by atoms with Crippen LogP contribution in [0.4, 0.5) is 0 Å². The molecule has 6 nitrogen and oxygen atoms in total. The van der Waals surface area contributed by atoms with Crippen LogP contribution >= 0.6 is 11.3 Å². The molecule has 2 aromatic carbocycles. The van der Waals surface area contributed by atoms with Crippen LogP contribution in [-0.2, 0) is 9.53 Å². The molecule has 1 aromatic heterocycles. The summed E-state index contributed by atoms with van der Waals surface area (Å²) in [5.74, 6) is 0.594. The maximum Gasteiger partial charge on any atom is 0.338 e. The van der Waals surface area contributed by atoms with Crippen molar-refractivity contribution in [3.8, 4) is 5.75 Å². The average Bonchev–Trinajstić information content (AvgIpc) is 3.13. The Morgan fingerprint density at radius 1 is 1.18 bits per heavy atom. The highest BCUT2D eigenvalue weighted by Crippen LogP contribution is 2.31. The van der Waals surface area contributed by atoms with Gasteiger partial charge in [0.05, 0.1) is 35.6 Å². The summed E-state index contributed by atoms with van der Waals surface area (Å²) in [6.45, 7) is 8.06. The second-order valence-corrected chi connectivity index (χ2v) is 9.37. The maximum absolute atomic E-state index is 13.7. The summed E-state index contributed by atoms with van der Waals surface area (Å²) in [7, 11) is 1.60. The number of esters is 1. The third-order valence-electron chi connectivity index (χ3n) is 5.86. The van der Waals surface area contributed by atoms with E-state index >= 15 is 0 Å². The van der Waals surface area contributed by atoms with Crippen molar-refractivity contribution in [3.63, 3.8) is 0 Å². The first kappa shape index (κ1) is 23.7. The molecule has 0 amide bonds. The van der Waals surface area contributed by atoms with Crippen molar-refractivity contribution in [2.24, 2.45) is 4.99 Å². The molecule has 0 fully saturated rings. The van der Waals surface area contributed by atoms with Gasteiger partial charge >= 0.3 is 5.97 Å². The first-order valence-electron chi connectivity index (χ1n) is 11.3. The number of rotatable bonds is 6. The Labute approximate surface area is 202 Å². The largest absolute Gasteiger partial charge is 0.496 e. The number of nitrogens with zero attached hydrogens (tertiary/aromatic N) is 2. The van der Waals surface area contributed by atoms with Gasteiger partial charge in [-0.1, -0.05) is 67.6 Å². The third kappa shape index (κ3) is 4.35. The molecule has 1 atom stereocenters. The summed E-state index contributed by atoms with van der Waals surface area (Å²) < 4.78 is 12.9. The highest BCUT2D eigenvalue weighted by Gasteiger charge is 2.33. The van der Waals surface area contributed by atoms with Gasteiger partial charge in [-0.05, 0) is 43.0 Å². The molecule has 176 valence electrons. The molecule has 0 radical (unpaired) electrons. The second kappa shape index (κ2) is 9.81. The number of fused-ring (bicyclic) bond motifs is 1. The molecular weight excluding hydrogens is 448 g/mol. The SMILES string of the molecule is CCOC(=O)C1=C(C)N=c2s/c(=C\c3ccccc3OC)c(=O)n2C1c1ccc(C(C)C)cc1. The fourth-order valence-electron chi connectivity index (χ4n) is 4.10. The van der Waals surface area contributed by atoms with Crippen LogP contribution in [0.2, 0.25) is 0 Å². The fourth-order valence-corrected chi connectivity index (χ4v) is 5.13. The van der Waals surface area contributed by atoms with Gasteiger partial charge in [-0.25, -0.2) is 9.79 Å². The lowest BCUT2D eigenvalue weighted by atomic mass is 9.93. The minimum Gasteiger partial charge on any atom is -0.496 e. The van der Waals surface area contributed by atoms with E-state index < -0.39 is 12.0 Å². The maximum atomic E-state index is 13.7. The molecule has 0 aliphatic carbocycles. The summed E-state index contributed by atoms with van der Waals surface area (Å²) in [6.07, 6.45) is 1.81. The number of aromatic nitrogens is 1. The summed E-state index contributed by atoms with van der Waals surface area (Å²) in [5, 5.41) is 0. The second-order valence-electron chi connectivity index (χ2n) is 8.37. The van der Waals surface area contributed by atoms with Crippen molar-refractivity contribution in [2.75, 3.05) is 13.7 Å². The number of carbonyl (C=O) groups is 1. The first-order chi connectivity index (χ1) is 16.3. The fraction of sp³-hybridized carbons (Fsp3) is 0.296. The Morgan fingerprint density at radius 2 is 1.88 bits per heavy atom. The van der Waals surface area contributed by atoms with E-state index in [1.54, 1.807) is 25.5 Å². The van der Waals surface area contributed by atoms with Crippen molar-refractivity contribution < 1.29 is 14.3 Å². The van der Waals surface area contributed by atoms with Gasteiger partial charge in [-0.3, -0.25) is 9.36 Å². The number of thiazole rings is 1. The molecule has 0 spiro atoms. The molecule has 2 heterocycles. The molecule has 1 unspecified atom stereocenters. The monoisotopic (exact) mass is 476 g/mol. The van der Waals surface area contributed by atoms with Crippen molar-refractivity contribution in [2.45, 2.75) is 39.7 Å². The van der Waals surface area contributed by atoms with Crippen LogP contribution in [-0.4, -0.2) is 24.3 Å². The summed E-state index contributed by atoms with van der Waals surface area (Å²) in [5.41, 5.74) is 3.56. The van der Waals surface area contributed by atoms with Crippen LogP contribution in [0.5, 0.6) is 5.75 Å². The topological polar surface area (TPSA) is 69.9 Å². The predicted octanol–water partition coefficient (Wildman–Crippen LogP) is 3.93. The van der Waals surface area contributed by atoms with Crippen LogP contribution in [0.15, 0.2) is 69.6 Å². The molecule has 0 saturated heterocycles. The molecule has 7 heteroatoms. The van der Waals surface area contributed by atoms with Gasteiger partial charge in [0.25, 0.3) is 5.56 Å². The molecule has 3 aromatic rings. The standard InChI is InChI=1S/C27H28N2O4S/c1-6-33-26(31)23-17(4)28-27-29(24(23)19-13-11-18(12-14-19)16(2)3)25(30)22(34-27)15-20-9-7-8-10-21(20)32-5/h7-16,24H,6H2,1-5H3/b22-15-. The van der Waals surface area contributed by atoms with Gasteiger partial charge in [0, 0.05) is 5.56 Å². The predicted molar refractivity (Wildman–Crippen MR) is 134 cm³/mol.